The van der Waals surface area contributed by atoms with Gasteiger partial charge >= 0.3 is 0 Å². The second kappa shape index (κ2) is 8.34. The molecule has 4 rings (SSSR count). The van der Waals surface area contributed by atoms with E-state index in [0.29, 0.717) is 30.8 Å². The van der Waals surface area contributed by atoms with Crippen molar-refractivity contribution in [2.45, 2.75) is 23.0 Å². The molecule has 3 aromatic rings. The number of hydrogen-bond acceptors (Lipinski definition) is 5. The molecule has 0 bridgehead atoms. The zero-order valence-corrected chi connectivity index (χ0v) is 19.2. The van der Waals surface area contributed by atoms with Crippen LogP contribution in [0.3, 0.4) is 0 Å². The summed E-state index contributed by atoms with van der Waals surface area (Å²) in [5.41, 5.74) is 1.49. The van der Waals surface area contributed by atoms with Gasteiger partial charge in [0, 0.05) is 28.5 Å². The molecular formula is C20H17BrClFN2O2S2. The summed E-state index contributed by atoms with van der Waals surface area (Å²) in [7, 11) is -3.35. The molecule has 0 N–H and O–H groups in total. The number of hydrogen-bond donors (Lipinski definition) is 0. The maximum atomic E-state index is 13.4. The molecule has 152 valence electrons. The van der Waals surface area contributed by atoms with E-state index < -0.39 is 20.9 Å². The van der Waals surface area contributed by atoms with Gasteiger partial charge in [0.1, 0.15) is 5.82 Å². The van der Waals surface area contributed by atoms with Crippen molar-refractivity contribution in [3.8, 4) is 11.3 Å². The van der Waals surface area contributed by atoms with E-state index in [1.807, 2.05) is 5.38 Å². The third-order valence-corrected chi connectivity index (χ3v) is 9.00. The first-order valence-electron chi connectivity index (χ1n) is 9.00. The molecule has 1 aliphatic heterocycles. The molecule has 0 aliphatic carbocycles. The van der Waals surface area contributed by atoms with Gasteiger partial charge in [-0.1, -0.05) is 27.5 Å². The number of thiazole rings is 1. The van der Waals surface area contributed by atoms with Crippen molar-refractivity contribution in [3.05, 3.63) is 63.2 Å². The summed E-state index contributed by atoms with van der Waals surface area (Å²) in [5, 5.41) is 2.41. The summed E-state index contributed by atoms with van der Waals surface area (Å²) in [4.78, 5) is 7.11. The standard InChI is InChI=1S/C20H17BrClFN2O2S2/c21-14-2-4-15(5-3-14)29(26,27)16-7-9-25(10-8-16)20-24-19(12-28-20)13-1-6-18(23)17(22)11-13/h1-6,11-12,16H,7-10H2. The molecule has 0 unspecified atom stereocenters. The van der Waals surface area contributed by atoms with Crippen LogP contribution in [0.2, 0.25) is 5.02 Å². The molecule has 1 saturated heterocycles. The fourth-order valence-corrected chi connectivity index (χ4v) is 6.44. The molecule has 0 spiro atoms. The van der Waals surface area contributed by atoms with Crippen LogP contribution in [-0.2, 0) is 9.84 Å². The number of nitrogens with zero attached hydrogens (tertiary/aromatic N) is 2. The molecule has 29 heavy (non-hydrogen) atoms. The fourth-order valence-electron chi connectivity index (χ4n) is 3.37. The van der Waals surface area contributed by atoms with E-state index in [4.69, 9.17) is 11.6 Å². The van der Waals surface area contributed by atoms with Crippen molar-refractivity contribution in [3.63, 3.8) is 0 Å². The van der Waals surface area contributed by atoms with Crippen LogP contribution < -0.4 is 4.90 Å². The number of aromatic nitrogens is 1. The van der Waals surface area contributed by atoms with Crippen LogP contribution in [0.15, 0.2) is 57.2 Å². The van der Waals surface area contributed by atoms with Crippen LogP contribution in [0, 0.1) is 5.82 Å². The Bertz CT molecular complexity index is 1130. The van der Waals surface area contributed by atoms with Crippen molar-refractivity contribution in [1.82, 2.24) is 4.98 Å². The zero-order valence-electron chi connectivity index (χ0n) is 15.2. The Labute approximate surface area is 186 Å². The minimum Gasteiger partial charge on any atom is -0.348 e. The maximum absolute atomic E-state index is 13.4. The summed E-state index contributed by atoms with van der Waals surface area (Å²) < 4.78 is 40.0. The highest BCUT2D eigenvalue weighted by atomic mass is 79.9. The van der Waals surface area contributed by atoms with Crippen molar-refractivity contribution in [1.29, 1.82) is 0 Å². The quantitative estimate of drug-likeness (QED) is 0.440. The lowest BCUT2D eigenvalue weighted by Gasteiger charge is -2.31. The highest BCUT2D eigenvalue weighted by molar-refractivity contribution is 9.10. The third-order valence-electron chi connectivity index (χ3n) is 5.00. The van der Waals surface area contributed by atoms with Gasteiger partial charge in [0.25, 0.3) is 0 Å². The Morgan fingerprint density at radius 2 is 1.83 bits per heavy atom. The fraction of sp³-hybridized carbons (Fsp3) is 0.250. The number of halogens is 3. The Morgan fingerprint density at radius 1 is 1.14 bits per heavy atom. The lowest BCUT2D eigenvalue weighted by Crippen LogP contribution is -2.39. The van der Waals surface area contributed by atoms with Gasteiger partial charge in [0.2, 0.25) is 0 Å². The van der Waals surface area contributed by atoms with Gasteiger partial charge in [0.15, 0.2) is 15.0 Å². The van der Waals surface area contributed by atoms with E-state index in [9.17, 15) is 12.8 Å². The normalized spacial score (nSPS) is 15.6. The maximum Gasteiger partial charge on any atom is 0.185 e. The van der Waals surface area contributed by atoms with Crippen LogP contribution in [-0.4, -0.2) is 31.7 Å². The molecule has 0 radical (unpaired) electrons. The van der Waals surface area contributed by atoms with Gasteiger partial charge in [-0.05, 0) is 55.3 Å². The molecule has 1 aliphatic rings. The number of rotatable bonds is 4. The minimum absolute atomic E-state index is 0.0658. The Kier molecular flexibility index (Phi) is 5.97. The van der Waals surface area contributed by atoms with E-state index in [1.165, 1.54) is 17.4 Å². The van der Waals surface area contributed by atoms with Gasteiger partial charge in [0.05, 0.1) is 20.9 Å². The second-order valence-electron chi connectivity index (χ2n) is 6.83. The van der Waals surface area contributed by atoms with E-state index in [2.05, 4.69) is 25.8 Å². The molecule has 0 saturated carbocycles. The number of benzene rings is 2. The first kappa shape index (κ1) is 20.8. The van der Waals surface area contributed by atoms with Crippen LogP contribution >= 0.6 is 38.9 Å². The van der Waals surface area contributed by atoms with Gasteiger partial charge in [-0.25, -0.2) is 17.8 Å². The monoisotopic (exact) mass is 514 g/mol. The summed E-state index contributed by atoms with van der Waals surface area (Å²) in [6, 6.07) is 11.3. The molecule has 2 heterocycles. The van der Waals surface area contributed by atoms with Crippen LogP contribution in [0.4, 0.5) is 9.52 Å². The summed E-state index contributed by atoms with van der Waals surface area (Å²) in [6.45, 7) is 1.25. The van der Waals surface area contributed by atoms with Crippen molar-refractivity contribution < 1.29 is 12.8 Å². The van der Waals surface area contributed by atoms with E-state index in [1.54, 1.807) is 36.4 Å². The number of piperidine rings is 1. The first-order valence-corrected chi connectivity index (χ1v) is 12.6. The number of anilines is 1. The highest BCUT2D eigenvalue weighted by Gasteiger charge is 2.32. The van der Waals surface area contributed by atoms with E-state index >= 15 is 0 Å². The molecule has 0 atom stereocenters. The summed E-state index contributed by atoms with van der Waals surface area (Å²) in [6.07, 6.45) is 1.10. The lowest BCUT2D eigenvalue weighted by molar-refractivity contribution is 0.529. The van der Waals surface area contributed by atoms with Crippen LogP contribution in [0.25, 0.3) is 11.3 Å². The molecule has 2 aromatic carbocycles. The van der Waals surface area contributed by atoms with Gasteiger partial charge in [-0.15, -0.1) is 11.3 Å². The third kappa shape index (κ3) is 4.35. The lowest BCUT2D eigenvalue weighted by atomic mass is 10.1. The Balaban J connectivity index is 1.45. The van der Waals surface area contributed by atoms with Crippen LogP contribution in [0.1, 0.15) is 12.8 Å². The van der Waals surface area contributed by atoms with Gasteiger partial charge < -0.3 is 4.90 Å². The Hall–Kier alpha value is -1.48. The first-order chi connectivity index (χ1) is 13.8. The van der Waals surface area contributed by atoms with Crippen molar-refractivity contribution in [2.75, 3.05) is 18.0 Å². The average molecular weight is 516 g/mol. The Morgan fingerprint density at radius 3 is 2.48 bits per heavy atom. The summed E-state index contributed by atoms with van der Waals surface area (Å²) in [5.74, 6) is -0.458. The molecule has 1 fully saturated rings. The predicted octanol–water partition coefficient (Wildman–Crippen LogP) is 5.81. The van der Waals surface area contributed by atoms with Crippen molar-refractivity contribution >= 4 is 53.8 Å². The van der Waals surface area contributed by atoms with E-state index in [0.717, 1.165) is 20.9 Å². The SMILES string of the molecule is O=S(=O)(c1ccc(Br)cc1)C1CCN(c2nc(-c3ccc(F)c(Cl)c3)cs2)CC1. The zero-order chi connectivity index (χ0) is 20.6. The topological polar surface area (TPSA) is 50.3 Å². The van der Waals surface area contributed by atoms with Gasteiger partial charge in [-0.2, -0.15) is 0 Å². The number of sulfone groups is 1. The average Bonchev–Trinajstić information content (AvgIpc) is 3.21. The van der Waals surface area contributed by atoms with Crippen molar-refractivity contribution in [2.24, 2.45) is 0 Å². The molecular weight excluding hydrogens is 499 g/mol. The van der Waals surface area contributed by atoms with Gasteiger partial charge in [-0.3, -0.25) is 0 Å². The largest absolute Gasteiger partial charge is 0.348 e. The molecule has 4 nitrogen and oxygen atoms in total. The van der Waals surface area contributed by atoms with E-state index in [-0.39, 0.29) is 5.02 Å². The smallest absolute Gasteiger partial charge is 0.185 e. The molecule has 0 amide bonds. The summed E-state index contributed by atoms with van der Waals surface area (Å²) >= 11 is 10.7. The van der Waals surface area contributed by atoms with Crippen LogP contribution in [0.5, 0.6) is 0 Å². The molecule has 1 aromatic heterocycles. The highest BCUT2D eigenvalue weighted by Crippen LogP contribution is 2.33. The molecule has 9 heteroatoms. The minimum atomic E-state index is -3.35. The second-order valence-corrected chi connectivity index (χ2v) is 11.2. The predicted molar refractivity (Wildman–Crippen MR) is 119 cm³/mol.